The van der Waals surface area contributed by atoms with Crippen LogP contribution in [0.3, 0.4) is 0 Å². The fourth-order valence-electron chi connectivity index (χ4n) is 3.24. The van der Waals surface area contributed by atoms with Gasteiger partial charge >= 0.3 is 0 Å². The molecule has 0 spiro atoms. The van der Waals surface area contributed by atoms with E-state index < -0.39 is 0 Å². The van der Waals surface area contributed by atoms with E-state index >= 15 is 0 Å². The number of rotatable bonds is 3. The Morgan fingerprint density at radius 1 is 1.07 bits per heavy atom. The van der Waals surface area contributed by atoms with E-state index in [0.29, 0.717) is 23.0 Å². The molecule has 0 saturated carbocycles. The minimum atomic E-state index is 0.145. The predicted molar refractivity (Wildman–Crippen MR) is 112 cm³/mol. The molecule has 0 amide bonds. The van der Waals surface area contributed by atoms with Crippen molar-refractivity contribution in [3.63, 3.8) is 0 Å². The van der Waals surface area contributed by atoms with Crippen LogP contribution in [0.5, 0.6) is 5.75 Å². The van der Waals surface area contributed by atoms with Crippen LogP contribution in [0.2, 0.25) is 0 Å². The molecular formula is C20H16N8O. The minimum Gasteiger partial charge on any atom is -0.507 e. The van der Waals surface area contributed by atoms with Crippen molar-refractivity contribution < 1.29 is 5.11 Å². The largest absolute Gasteiger partial charge is 0.507 e. The first kappa shape index (κ1) is 16.9. The lowest BCUT2D eigenvalue weighted by atomic mass is 10.0. The molecule has 5 rings (SSSR count). The Labute approximate surface area is 165 Å². The van der Waals surface area contributed by atoms with Gasteiger partial charge in [-0.2, -0.15) is 10.1 Å². The zero-order valence-corrected chi connectivity index (χ0v) is 15.4. The summed E-state index contributed by atoms with van der Waals surface area (Å²) in [6.07, 6.45) is 3.25. The number of hydrogen-bond acceptors (Lipinski definition) is 9. The lowest BCUT2D eigenvalue weighted by molar-refractivity contribution is 0.475. The summed E-state index contributed by atoms with van der Waals surface area (Å²) in [6, 6.07) is 15.1. The molecule has 3 heterocycles. The molecule has 9 nitrogen and oxygen atoms in total. The summed E-state index contributed by atoms with van der Waals surface area (Å²) in [6.45, 7) is 0. The molecule has 0 radical (unpaired) electrons. The van der Waals surface area contributed by atoms with Crippen LogP contribution < -0.4 is 15.6 Å². The molecule has 1 aliphatic rings. The second kappa shape index (κ2) is 6.71. The molecule has 0 atom stereocenters. The lowest BCUT2D eigenvalue weighted by Gasteiger charge is -2.27. The Hall–Kier alpha value is -4.27. The van der Waals surface area contributed by atoms with E-state index in [1.165, 1.54) is 0 Å². The van der Waals surface area contributed by atoms with Gasteiger partial charge in [0.1, 0.15) is 5.75 Å². The smallest absolute Gasteiger partial charge is 0.265 e. The molecule has 0 saturated heterocycles. The van der Waals surface area contributed by atoms with Gasteiger partial charge in [0.25, 0.3) is 5.95 Å². The van der Waals surface area contributed by atoms with Gasteiger partial charge in [-0.3, -0.25) is 0 Å². The maximum absolute atomic E-state index is 10.2. The second-order valence-electron chi connectivity index (χ2n) is 6.45. The number of nitrogens with one attached hydrogen (secondary N) is 2. The number of phenols is 1. The molecule has 3 N–H and O–H groups in total. The summed E-state index contributed by atoms with van der Waals surface area (Å²) in [4.78, 5) is 10.7. The summed E-state index contributed by atoms with van der Waals surface area (Å²) in [5, 5.41) is 27.6. The summed E-state index contributed by atoms with van der Waals surface area (Å²) in [7, 11) is 1.88. The SMILES string of the molecule is CN1c2cccnc2Nc2nnc(NN=Cc3c(O)ccc4ccccc34)nc21. The highest BCUT2D eigenvalue weighted by molar-refractivity contribution is 6.02. The predicted octanol–water partition coefficient (Wildman–Crippen LogP) is 3.40. The molecule has 0 unspecified atom stereocenters. The maximum atomic E-state index is 10.2. The Bertz CT molecular complexity index is 1260. The van der Waals surface area contributed by atoms with Crippen molar-refractivity contribution >= 4 is 46.1 Å². The van der Waals surface area contributed by atoms with Crippen molar-refractivity contribution in [1.82, 2.24) is 20.2 Å². The number of hydrogen-bond donors (Lipinski definition) is 3. The lowest BCUT2D eigenvalue weighted by Crippen LogP contribution is -2.21. The van der Waals surface area contributed by atoms with Crippen molar-refractivity contribution in [3.8, 4) is 5.75 Å². The minimum absolute atomic E-state index is 0.145. The molecule has 1 aliphatic heterocycles. The fraction of sp³-hybridized carbons (Fsp3) is 0.0500. The summed E-state index contributed by atoms with van der Waals surface area (Å²) in [5.41, 5.74) is 4.28. The van der Waals surface area contributed by atoms with Gasteiger partial charge < -0.3 is 15.3 Å². The molecule has 4 aromatic rings. The third kappa shape index (κ3) is 2.94. The molecule has 0 fully saturated rings. The number of aromatic nitrogens is 4. The molecule has 9 heteroatoms. The van der Waals surface area contributed by atoms with Crippen LogP contribution in [-0.4, -0.2) is 38.5 Å². The van der Waals surface area contributed by atoms with Gasteiger partial charge in [0, 0.05) is 18.8 Å². The van der Waals surface area contributed by atoms with Gasteiger partial charge in [-0.25, -0.2) is 10.4 Å². The van der Waals surface area contributed by atoms with Gasteiger partial charge in [-0.05, 0) is 29.0 Å². The number of anilines is 5. The third-order valence-electron chi connectivity index (χ3n) is 4.68. The van der Waals surface area contributed by atoms with E-state index in [2.05, 4.69) is 36.0 Å². The van der Waals surface area contributed by atoms with E-state index in [0.717, 1.165) is 16.5 Å². The third-order valence-corrected chi connectivity index (χ3v) is 4.68. The van der Waals surface area contributed by atoms with Crippen LogP contribution in [0.1, 0.15) is 5.56 Å². The Balaban J connectivity index is 1.42. The van der Waals surface area contributed by atoms with Crippen molar-refractivity contribution in [2.75, 3.05) is 22.7 Å². The molecule has 0 aliphatic carbocycles. The van der Waals surface area contributed by atoms with Gasteiger partial charge in [0.05, 0.1) is 11.9 Å². The van der Waals surface area contributed by atoms with E-state index in [1.54, 1.807) is 18.5 Å². The summed E-state index contributed by atoms with van der Waals surface area (Å²) < 4.78 is 0. The number of phenolic OH excluding ortho intramolecular Hbond substituents is 1. The maximum Gasteiger partial charge on any atom is 0.265 e. The highest BCUT2D eigenvalue weighted by atomic mass is 16.3. The van der Waals surface area contributed by atoms with Crippen LogP contribution in [0.15, 0.2) is 59.8 Å². The van der Waals surface area contributed by atoms with Gasteiger partial charge in [-0.15, -0.1) is 10.2 Å². The molecule has 0 bridgehead atoms. The number of nitrogens with zero attached hydrogens (tertiary/aromatic N) is 6. The number of hydrazone groups is 1. The monoisotopic (exact) mass is 384 g/mol. The van der Waals surface area contributed by atoms with E-state index in [9.17, 15) is 5.11 Å². The van der Waals surface area contributed by atoms with Gasteiger partial charge in [0.2, 0.25) is 0 Å². The van der Waals surface area contributed by atoms with Crippen molar-refractivity contribution in [2.45, 2.75) is 0 Å². The highest BCUT2D eigenvalue weighted by Crippen LogP contribution is 2.38. The van der Waals surface area contributed by atoms with E-state index in [4.69, 9.17) is 0 Å². The van der Waals surface area contributed by atoms with Gasteiger partial charge in [0.15, 0.2) is 17.5 Å². The molecular weight excluding hydrogens is 368 g/mol. The molecule has 2 aromatic carbocycles. The van der Waals surface area contributed by atoms with Gasteiger partial charge in [-0.1, -0.05) is 30.3 Å². The van der Waals surface area contributed by atoms with Crippen molar-refractivity contribution in [2.24, 2.45) is 5.10 Å². The zero-order valence-electron chi connectivity index (χ0n) is 15.4. The second-order valence-corrected chi connectivity index (χ2v) is 6.45. The van der Waals surface area contributed by atoms with Crippen molar-refractivity contribution in [1.29, 1.82) is 0 Å². The first-order chi connectivity index (χ1) is 14.2. The average molecular weight is 384 g/mol. The fourth-order valence-corrected chi connectivity index (χ4v) is 3.24. The Kier molecular flexibility index (Phi) is 3.91. The zero-order chi connectivity index (χ0) is 19.8. The van der Waals surface area contributed by atoms with Crippen LogP contribution >= 0.6 is 0 Å². The number of benzene rings is 2. The molecule has 2 aromatic heterocycles. The van der Waals surface area contributed by atoms with E-state index in [1.807, 2.05) is 54.4 Å². The standard InChI is InChI=1S/C20H16N8O/c1-28-15-7-4-10-21-17(15)23-18-19(28)24-20(27-25-18)26-22-11-14-13-6-3-2-5-12(13)8-9-16(14)29/h2-11,29H,1H3,(H,21,23,25)(H,24,26,27). The van der Waals surface area contributed by atoms with Crippen LogP contribution in [-0.2, 0) is 0 Å². The number of pyridine rings is 1. The van der Waals surface area contributed by atoms with E-state index in [-0.39, 0.29) is 11.7 Å². The normalized spacial score (nSPS) is 12.5. The number of fused-ring (bicyclic) bond motifs is 3. The summed E-state index contributed by atoms with van der Waals surface area (Å²) >= 11 is 0. The van der Waals surface area contributed by atoms with Crippen molar-refractivity contribution in [3.05, 3.63) is 60.3 Å². The molecule has 142 valence electrons. The average Bonchev–Trinajstić information content (AvgIpc) is 2.76. The van der Waals surface area contributed by atoms with Crippen LogP contribution in [0, 0.1) is 0 Å². The number of aromatic hydroxyl groups is 1. The quantitative estimate of drug-likeness (QED) is 0.364. The van der Waals surface area contributed by atoms with Crippen LogP contribution in [0.4, 0.5) is 29.1 Å². The Morgan fingerprint density at radius 3 is 2.90 bits per heavy atom. The highest BCUT2D eigenvalue weighted by Gasteiger charge is 2.23. The molecule has 29 heavy (non-hydrogen) atoms. The first-order valence-electron chi connectivity index (χ1n) is 8.91. The Morgan fingerprint density at radius 2 is 1.97 bits per heavy atom. The first-order valence-corrected chi connectivity index (χ1v) is 8.91. The topological polar surface area (TPSA) is 111 Å². The van der Waals surface area contributed by atoms with Crippen LogP contribution in [0.25, 0.3) is 10.8 Å². The summed E-state index contributed by atoms with van der Waals surface area (Å²) in [5.74, 6) is 2.20.